The molecule has 0 spiro atoms. The van der Waals surface area contributed by atoms with Gasteiger partial charge in [-0.05, 0) is 68.0 Å². The smallest absolute Gasteiger partial charge is 0.261 e. The Labute approximate surface area is 179 Å². The van der Waals surface area contributed by atoms with Crippen LogP contribution in [-0.2, 0) is 17.6 Å². The van der Waals surface area contributed by atoms with Crippen LogP contribution in [0.1, 0.15) is 66.6 Å². The van der Waals surface area contributed by atoms with Gasteiger partial charge in [0, 0.05) is 32.1 Å². The van der Waals surface area contributed by atoms with Crippen molar-refractivity contribution in [3.8, 4) is 0 Å². The zero-order chi connectivity index (χ0) is 21.2. The Hall–Kier alpha value is -1.40. The SMILES string of the molecule is CN(C)C(=O)C1CCCN1CCCNC(=O)c1cc2c(s1)CCC(C(C)(C)C)C2. The number of hydrogen-bond donors (Lipinski definition) is 1. The summed E-state index contributed by atoms with van der Waals surface area (Å²) in [7, 11) is 3.65. The van der Waals surface area contributed by atoms with Gasteiger partial charge in [0.2, 0.25) is 5.91 Å². The molecule has 1 aromatic heterocycles. The molecule has 1 aromatic rings. The summed E-state index contributed by atoms with van der Waals surface area (Å²) in [6.07, 6.45) is 6.32. The first-order valence-electron chi connectivity index (χ1n) is 11.0. The number of aryl methyl sites for hydroxylation is 1. The van der Waals surface area contributed by atoms with Gasteiger partial charge in [0.1, 0.15) is 0 Å². The van der Waals surface area contributed by atoms with E-state index in [1.165, 1.54) is 16.9 Å². The molecular formula is C23H37N3O2S. The number of fused-ring (bicyclic) bond motifs is 1. The number of likely N-dealkylation sites (tertiary alicyclic amines) is 1. The molecule has 29 heavy (non-hydrogen) atoms. The van der Waals surface area contributed by atoms with Crippen molar-refractivity contribution >= 4 is 23.2 Å². The van der Waals surface area contributed by atoms with E-state index in [1.54, 1.807) is 16.2 Å². The fourth-order valence-electron chi connectivity index (χ4n) is 4.62. The molecule has 5 nitrogen and oxygen atoms in total. The van der Waals surface area contributed by atoms with Gasteiger partial charge in [-0.3, -0.25) is 14.5 Å². The number of amides is 2. The van der Waals surface area contributed by atoms with Crippen molar-refractivity contribution in [2.24, 2.45) is 11.3 Å². The summed E-state index contributed by atoms with van der Waals surface area (Å²) in [6, 6.07) is 2.14. The number of thiophene rings is 1. The molecule has 162 valence electrons. The molecule has 6 heteroatoms. The molecular weight excluding hydrogens is 382 g/mol. The van der Waals surface area contributed by atoms with Crippen molar-refractivity contribution in [1.29, 1.82) is 0 Å². The maximum atomic E-state index is 12.6. The van der Waals surface area contributed by atoms with E-state index in [9.17, 15) is 9.59 Å². The Morgan fingerprint density at radius 3 is 2.72 bits per heavy atom. The topological polar surface area (TPSA) is 52.7 Å². The van der Waals surface area contributed by atoms with Crippen LogP contribution in [0, 0.1) is 11.3 Å². The predicted octanol–water partition coefficient (Wildman–Crippen LogP) is 3.57. The minimum atomic E-state index is 0.0143. The fraction of sp³-hybridized carbons (Fsp3) is 0.739. The molecule has 1 aliphatic heterocycles. The first-order chi connectivity index (χ1) is 13.7. The Morgan fingerprint density at radius 1 is 1.28 bits per heavy atom. The lowest BCUT2D eigenvalue weighted by Crippen LogP contribution is -2.43. The lowest BCUT2D eigenvalue weighted by molar-refractivity contribution is -0.133. The minimum absolute atomic E-state index is 0.0143. The summed E-state index contributed by atoms with van der Waals surface area (Å²) in [5.41, 5.74) is 1.71. The highest BCUT2D eigenvalue weighted by Gasteiger charge is 2.32. The lowest BCUT2D eigenvalue weighted by Gasteiger charge is -2.33. The van der Waals surface area contributed by atoms with E-state index in [-0.39, 0.29) is 17.9 Å². The van der Waals surface area contributed by atoms with Crippen LogP contribution in [0.4, 0.5) is 0 Å². The average molecular weight is 420 g/mol. The Kier molecular flexibility index (Phi) is 7.05. The number of carbonyl (C=O) groups excluding carboxylic acids is 2. The second kappa shape index (κ2) is 9.17. The van der Waals surface area contributed by atoms with Crippen LogP contribution >= 0.6 is 11.3 Å². The highest BCUT2D eigenvalue weighted by molar-refractivity contribution is 7.14. The summed E-state index contributed by atoms with van der Waals surface area (Å²) in [5.74, 6) is 0.946. The third-order valence-electron chi connectivity index (χ3n) is 6.53. The summed E-state index contributed by atoms with van der Waals surface area (Å²) in [6.45, 7) is 9.45. The van der Waals surface area contributed by atoms with Crippen LogP contribution < -0.4 is 5.32 Å². The van der Waals surface area contributed by atoms with E-state index in [0.717, 1.165) is 50.1 Å². The number of nitrogens with one attached hydrogen (secondary N) is 1. The predicted molar refractivity (Wildman–Crippen MR) is 120 cm³/mol. The highest BCUT2D eigenvalue weighted by atomic mass is 32.1. The van der Waals surface area contributed by atoms with Crippen molar-refractivity contribution in [3.05, 3.63) is 21.4 Å². The number of carbonyl (C=O) groups is 2. The van der Waals surface area contributed by atoms with Crippen molar-refractivity contribution < 1.29 is 9.59 Å². The van der Waals surface area contributed by atoms with E-state index >= 15 is 0 Å². The summed E-state index contributed by atoms with van der Waals surface area (Å²) >= 11 is 1.67. The standard InChI is InChI=1S/C23H37N3O2S/c1-23(2,3)17-9-10-19-16(14-17)15-20(29-19)21(27)24-11-7-13-26-12-6-8-18(26)22(28)25(4)5/h15,17-18H,6-14H2,1-5H3,(H,24,27). The number of nitrogens with zero attached hydrogens (tertiary/aromatic N) is 2. The molecule has 0 saturated carbocycles. The second-order valence-corrected chi connectivity index (χ2v) is 11.0. The van der Waals surface area contributed by atoms with E-state index in [2.05, 4.69) is 37.1 Å². The quantitative estimate of drug-likeness (QED) is 0.717. The first-order valence-corrected chi connectivity index (χ1v) is 11.8. The molecule has 3 rings (SSSR count). The van der Waals surface area contributed by atoms with E-state index in [0.29, 0.717) is 17.9 Å². The van der Waals surface area contributed by atoms with Crippen molar-refractivity contribution in [2.75, 3.05) is 33.7 Å². The largest absolute Gasteiger partial charge is 0.351 e. The van der Waals surface area contributed by atoms with E-state index < -0.39 is 0 Å². The van der Waals surface area contributed by atoms with E-state index in [4.69, 9.17) is 0 Å². The molecule has 1 N–H and O–H groups in total. The molecule has 0 radical (unpaired) electrons. The maximum absolute atomic E-state index is 12.6. The number of likely N-dealkylation sites (N-methyl/N-ethyl adjacent to an activating group) is 1. The zero-order valence-corrected chi connectivity index (χ0v) is 19.5. The Balaban J connectivity index is 1.46. The normalized spacial score (nSPS) is 22.4. The summed E-state index contributed by atoms with van der Waals surface area (Å²) < 4.78 is 0. The molecule has 2 unspecified atom stereocenters. The molecule has 1 saturated heterocycles. The molecule has 2 atom stereocenters. The molecule has 0 bridgehead atoms. The van der Waals surface area contributed by atoms with Crippen molar-refractivity contribution in [2.45, 2.75) is 65.3 Å². The zero-order valence-electron chi connectivity index (χ0n) is 18.7. The summed E-state index contributed by atoms with van der Waals surface area (Å²) in [5, 5.41) is 3.09. The van der Waals surface area contributed by atoms with Crippen LogP contribution in [0.15, 0.2) is 6.07 Å². The summed E-state index contributed by atoms with van der Waals surface area (Å²) in [4.78, 5) is 31.1. The maximum Gasteiger partial charge on any atom is 0.261 e. The van der Waals surface area contributed by atoms with Crippen LogP contribution in [0.25, 0.3) is 0 Å². The van der Waals surface area contributed by atoms with Gasteiger partial charge in [0.05, 0.1) is 10.9 Å². The average Bonchev–Trinajstić information content (AvgIpc) is 3.29. The third-order valence-corrected chi connectivity index (χ3v) is 7.76. The first kappa shape index (κ1) is 22.3. The number of hydrogen-bond acceptors (Lipinski definition) is 4. The molecule has 2 amide bonds. The van der Waals surface area contributed by atoms with Crippen molar-refractivity contribution in [1.82, 2.24) is 15.1 Å². The van der Waals surface area contributed by atoms with Gasteiger partial charge in [0.25, 0.3) is 5.91 Å². The Bertz CT molecular complexity index is 735. The molecule has 1 fully saturated rings. The van der Waals surface area contributed by atoms with Gasteiger partial charge in [-0.25, -0.2) is 0 Å². The van der Waals surface area contributed by atoms with Gasteiger partial charge >= 0.3 is 0 Å². The van der Waals surface area contributed by atoms with Crippen LogP contribution in [0.5, 0.6) is 0 Å². The molecule has 1 aliphatic carbocycles. The van der Waals surface area contributed by atoms with Gasteiger partial charge in [0.15, 0.2) is 0 Å². The minimum Gasteiger partial charge on any atom is -0.351 e. The molecule has 0 aromatic carbocycles. The third kappa shape index (κ3) is 5.40. The van der Waals surface area contributed by atoms with Gasteiger partial charge in [-0.15, -0.1) is 11.3 Å². The van der Waals surface area contributed by atoms with Gasteiger partial charge in [-0.2, -0.15) is 0 Å². The Morgan fingerprint density at radius 2 is 2.03 bits per heavy atom. The highest BCUT2D eigenvalue weighted by Crippen LogP contribution is 2.40. The number of rotatable bonds is 6. The van der Waals surface area contributed by atoms with Gasteiger partial charge < -0.3 is 10.2 Å². The molecule has 2 heterocycles. The second-order valence-electron chi connectivity index (χ2n) is 9.90. The van der Waals surface area contributed by atoms with Crippen LogP contribution in [0.3, 0.4) is 0 Å². The van der Waals surface area contributed by atoms with Gasteiger partial charge in [-0.1, -0.05) is 20.8 Å². The monoisotopic (exact) mass is 419 g/mol. The van der Waals surface area contributed by atoms with E-state index in [1.807, 2.05) is 14.1 Å². The molecule has 2 aliphatic rings. The van der Waals surface area contributed by atoms with Crippen LogP contribution in [0.2, 0.25) is 0 Å². The van der Waals surface area contributed by atoms with Crippen LogP contribution in [-0.4, -0.2) is 61.4 Å². The fourth-order valence-corrected chi connectivity index (χ4v) is 5.74. The van der Waals surface area contributed by atoms with Crippen molar-refractivity contribution in [3.63, 3.8) is 0 Å². The lowest BCUT2D eigenvalue weighted by atomic mass is 9.72.